The van der Waals surface area contributed by atoms with Gasteiger partial charge in [0.2, 0.25) is 0 Å². The number of ether oxygens (including phenoxy) is 1. The van der Waals surface area contributed by atoms with Gasteiger partial charge < -0.3 is 14.9 Å². The first-order valence-electron chi connectivity index (χ1n) is 15.9. The van der Waals surface area contributed by atoms with Crippen LogP contribution < -0.4 is 0 Å². The maximum Gasteiger partial charge on any atom is 0.107 e. The van der Waals surface area contributed by atoms with Crippen molar-refractivity contribution in [2.45, 2.75) is 113 Å². The van der Waals surface area contributed by atoms with Crippen molar-refractivity contribution in [1.29, 1.82) is 0 Å². The molecule has 2 N–H and O–H groups in total. The Balaban J connectivity index is 1.50. The molecule has 0 saturated carbocycles. The maximum absolute atomic E-state index is 10.1. The second-order valence-corrected chi connectivity index (χ2v) is 14.4. The van der Waals surface area contributed by atoms with Crippen molar-refractivity contribution in [2.75, 3.05) is 0 Å². The van der Waals surface area contributed by atoms with Crippen molar-refractivity contribution >= 4 is 0 Å². The van der Waals surface area contributed by atoms with Gasteiger partial charge in [0, 0.05) is 5.92 Å². The minimum Gasteiger partial charge on any atom is -0.393 e. The molecule has 0 aromatic heterocycles. The largest absolute Gasteiger partial charge is 0.393 e. The van der Waals surface area contributed by atoms with Gasteiger partial charge in [0.05, 0.1) is 12.2 Å². The molecular formula is C40H56O3. The molecule has 0 spiro atoms. The lowest BCUT2D eigenvalue weighted by Crippen LogP contribution is -2.32. The molecule has 43 heavy (non-hydrogen) atoms. The van der Waals surface area contributed by atoms with Gasteiger partial charge in [0.15, 0.2) is 0 Å². The molecule has 3 heteroatoms. The highest BCUT2D eigenvalue weighted by molar-refractivity contribution is 5.38. The molecule has 3 rings (SSSR count). The summed E-state index contributed by atoms with van der Waals surface area (Å²) in [6, 6.07) is 0. The van der Waals surface area contributed by atoms with Crippen LogP contribution in [-0.4, -0.2) is 34.6 Å². The lowest BCUT2D eigenvalue weighted by molar-refractivity contribution is 0.116. The molecule has 1 aliphatic heterocycles. The molecule has 0 aromatic carbocycles. The minimum absolute atomic E-state index is 0.000210. The van der Waals surface area contributed by atoms with Crippen molar-refractivity contribution in [2.24, 2.45) is 16.7 Å². The molecule has 2 aliphatic carbocycles. The van der Waals surface area contributed by atoms with Crippen LogP contribution in [0, 0.1) is 16.7 Å². The van der Waals surface area contributed by atoms with Gasteiger partial charge in [-0.05, 0) is 77.2 Å². The van der Waals surface area contributed by atoms with Crippen LogP contribution in [0.2, 0.25) is 0 Å². The Labute approximate surface area is 262 Å². The lowest BCUT2D eigenvalue weighted by Gasteiger charge is -2.38. The first kappa shape index (κ1) is 34.8. The van der Waals surface area contributed by atoms with Crippen molar-refractivity contribution in [1.82, 2.24) is 0 Å². The number of aliphatic hydroxyl groups excluding tert-OH is 2. The van der Waals surface area contributed by atoms with E-state index in [1.54, 1.807) is 0 Å². The van der Waals surface area contributed by atoms with Gasteiger partial charge in [-0.2, -0.15) is 0 Å². The molecule has 0 bridgehead atoms. The molecule has 0 aromatic rings. The highest BCUT2D eigenvalue weighted by Crippen LogP contribution is 2.42. The normalized spacial score (nSPS) is 30.8. The fraction of sp³-hybridized carbons (Fsp3) is 0.500. The Kier molecular flexibility index (Phi) is 12.0. The lowest BCUT2D eigenvalue weighted by atomic mass is 9.67. The quantitative estimate of drug-likeness (QED) is 0.153. The molecule has 0 amide bonds. The van der Waals surface area contributed by atoms with Crippen LogP contribution in [-0.2, 0) is 4.74 Å². The van der Waals surface area contributed by atoms with Crippen LogP contribution in [0.5, 0.6) is 0 Å². The van der Waals surface area contributed by atoms with Crippen molar-refractivity contribution in [3.05, 3.63) is 118 Å². The number of rotatable bonds is 10. The number of allylic oxidation sites excluding steroid dienone is 16. The molecule has 1 heterocycles. The van der Waals surface area contributed by atoms with Crippen LogP contribution in [0.1, 0.15) is 88.5 Å². The van der Waals surface area contributed by atoms with Crippen molar-refractivity contribution < 1.29 is 14.9 Å². The molecule has 3 nitrogen and oxygen atoms in total. The number of aliphatic hydroxyl groups is 2. The van der Waals surface area contributed by atoms with E-state index in [1.807, 2.05) is 6.08 Å². The molecule has 0 unspecified atom stereocenters. The average molecular weight is 585 g/mol. The monoisotopic (exact) mass is 584 g/mol. The summed E-state index contributed by atoms with van der Waals surface area (Å²) in [6.07, 6.45) is 30.1. The summed E-state index contributed by atoms with van der Waals surface area (Å²) in [5.74, 6) is 0.342. The zero-order valence-corrected chi connectivity index (χ0v) is 28.3. The van der Waals surface area contributed by atoms with Crippen molar-refractivity contribution in [3.63, 3.8) is 0 Å². The second-order valence-electron chi connectivity index (χ2n) is 14.4. The average Bonchev–Trinajstić information content (AvgIpc) is 3.57. The Morgan fingerprint density at radius 1 is 0.791 bits per heavy atom. The Morgan fingerprint density at radius 3 is 1.88 bits per heavy atom. The third-order valence-electron chi connectivity index (χ3n) is 8.92. The van der Waals surface area contributed by atoms with Crippen LogP contribution in [0.4, 0.5) is 0 Å². The number of hydrogen-bond donors (Lipinski definition) is 2. The van der Waals surface area contributed by atoms with E-state index in [4.69, 9.17) is 4.74 Å². The topological polar surface area (TPSA) is 53.0 Å². The van der Waals surface area contributed by atoms with E-state index >= 15 is 0 Å². The summed E-state index contributed by atoms with van der Waals surface area (Å²) in [6.45, 7) is 21.6. The van der Waals surface area contributed by atoms with Gasteiger partial charge >= 0.3 is 0 Å². The summed E-state index contributed by atoms with van der Waals surface area (Å²) in [4.78, 5) is 0. The highest BCUT2D eigenvalue weighted by atomic mass is 16.6. The predicted molar refractivity (Wildman–Crippen MR) is 184 cm³/mol. The fourth-order valence-electron chi connectivity index (χ4n) is 6.65. The van der Waals surface area contributed by atoms with Gasteiger partial charge in [0.1, 0.15) is 12.2 Å². The summed E-state index contributed by atoms with van der Waals surface area (Å²) in [5, 5.41) is 20.2. The van der Waals surface area contributed by atoms with E-state index in [0.29, 0.717) is 5.92 Å². The van der Waals surface area contributed by atoms with E-state index in [9.17, 15) is 10.2 Å². The molecule has 1 fully saturated rings. The van der Waals surface area contributed by atoms with Crippen LogP contribution >= 0.6 is 0 Å². The zero-order chi connectivity index (χ0) is 31.9. The summed E-state index contributed by atoms with van der Waals surface area (Å²) < 4.78 is 5.88. The van der Waals surface area contributed by atoms with Crippen LogP contribution in [0.15, 0.2) is 118 Å². The SMILES string of the molecule is CC1=C[C@@H](O)CC(C)(C)[C@H]1/C=C/C(C)=C/C=C/C(C)=C/[C@H]1O[C@H]1/C=C(C)/C=C/C=C(C)/C=C/C1=C(C)C[C@@H](O)CC1(C)C. The Hall–Kier alpha value is -2.72. The van der Waals surface area contributed by atoms with Gasteiger partial charge in [-0.15, -0.1) is 0 Å². The van der Waals surface area contributed by atoms with Gasteiger partial charge in [-0.25, -0.2) is 0 Å². The zero-order valence-electron chi connectivity index (χ0n) is 28.3. The first-order chi connectivity index (χ1) is 20.1. The summed E-state index contributed by atoms with van der Waals surface area (Å²) in [7, 11) is 0. The van der Waals surface area contributed by atoms with Gasteiger partial charge in [-0.3, -0.25) is 0 Å². The molecular weight excluding hydrogens is 528 g/mol. The van der Waals surface area contributed by atoms with E-state index < -0.39 is 0 Å². The third-order valence-corrected chi connectivity index (χ3v) is 8.92. The standard InChI is InChI=1S/C40H56O3/c1-27(17-19-35-31(5)23-33(41)25-39(35,7)8)13-11-15-29(3)21-37-38(43-37)22-30(4)16-12-14-28(2)18-20-36-32(6)24-34(42)26-40(36,9)10/h11-23,33-35,37-38,41-42H,24-26H2,1-10H3/b15-11+,16-12+,19-17+,20-18+,27-13+,28-14+,29-21+,30-22+/t33-,34-,35+,37-,38+/m1/s1. The van der Waals surface area contributed by atoms with Gasteiger partial charge in [-0.1, -0.05) is 140 Å². The molecule has 5 atom stereocenters. The van der Waals surface area contributed by atoms with E-state index in [0.717, 1.165) is 19.3 Å². The molecule has 0 radical (unpaired) electrons. The van der Waals surface area contributed by atoms with Crippen LogP contribution in [0.3, 0.4) is 0 Å². The number of hydrogen-bond acceptors (Lipinski definition) is 3. The second kappa shape index (κ2) is 14.8. The highest BCUT2D eigenvalue weighted by Gasteiger charge is 2.35. The third kappa shape index (κ3) is 10.7. The van der Waals surface area contributed by atoms with Gasteiger partial charge in [0.25, 0.3) is 0 Å². The van der Waals surface area contributed by atoms with E-state index in [1.165, 1.54) is 39.0 Å². The predicted octanol–water partition coefficient (Wildman–Crippen LogP) is 9.61. The van der Waals surface area contributed by atoms with E-state index in [2.05, 4.69) is 142 Å². The molecule has 234 valence electrons. The smallest absolute Gasteiger partial charge is 0.107 e. The first-order valence-corrected chi connectivity index (χ1v) is 15.9. The van der Waals surface area contributed by atoms with Crippen molar-refractivity contribution in [3.8, 4) is 0 Å². The molecule has 1 saturated heterocycles. The Bertz CT molecular complexity index is 1310. The summed E-state index contributed by atoms with van der Waals surface area (Å²) >= 11 is 0. The fourth-order valence-corrected chi connectivity index (χ4v) is 6.65. The van der Waals surface area contributed by atoms with Crippen LogP contribution in [0.25, 0.3) is 0 Å². The van der Waals surface area contributed by atoms with E-state index in [-0.39, 0.29) is 35.2 Å². The minimum atomic E-state index is -0.334. The number of epoxide rings is 1. The maximum atomic E-state index is 10.1. The molecule has 3 aliphatic rings. The summed E-state index contributed by atoms with van der Waals surface area (Å²) in [5.41, 5.74) is 8.71. The Morgan fingerprint density at radius 2 is 1.35 bits per heavy atom.